The van der Waals surface area contributed by atoms with Crippen molar-refractivity contribution >= 4 is 5.91 Å². The summed E-state index contributed by atoms with van der Waals surface area (Å²) in [5.74, 6) is 0.598. The van der Waals surface area contributed by atoms with Gasteiger partial charge in [0.1, 0.15) is 5.69 Å². The molecule has 3 aromatic rings. The van der Waals surface area contributed by atoms with Crippen LogP contribution in [0.2, 0.25) is 0 Å². The normalized spacial score (nSPS) is 16.5. The number of likely N-dealkylation sites (tertiary alicyclic amines) is 1. The number of aliphatic hydroxyl groups excluding tert-OH is 1. The van der Waals surface area contributed by atoms with Gasteiger partial charge < -0.3 is 14.6 Å². The van der Waals surface area contributed by atoms with Crippen molar-refractivity contribution in [2.75, 3.05) is 13.1 Å². The van der Waals surface area contributed by atoms with E-state index in [0.717, 1.165) is 48.4 Å². The number of benzene rings is 2. The summed E-state index contributed by atoms with van der Waals surface area (Å²) in [6.07, 6.45) is 2.00. The lowest BCUT2D eigenvalue weighted by molar-refractivity contribution is 0.0778. The van der Waals surface area contributed by atoms with Crippen molar-refractivity contribution in [2.45, 2.75) is 19.4 Å². The van der Waals surface area contributed by atoms with E-state index in [1.54, 1.807) is 0 Å². The number of nitrogens with zero attached hydrogens (tertiary/aromatic N) is 2. The van der Waals surface area contributed by atoms with Gasteiger partial charge >= 0.3 is 0 Å². The fourth-order valence-corrected chi connectivity index (χ4v) is 4.08. The van der Waals surface area contributed by atoms with Gasteiger partial charge in [-0.3, -0.25) is 4.79 Å². The van der Waals surface area contributed by atoms with Crippen LogP contribution in [0.25, 0.3) is 11.3 Å². The summed E-state index contributed by atoms with van der Waals surface area (Å²) in [7, 11) is 1.96. The maximum absolute atomic E-state index is 13.1. The second kappa shape index (κ2) is 8.03. The second-order valence-corrected chi connectivity index (χ2v) is 7.61. The van der Waals surface area contributed by atoms with E-state index in [4.69, 9.17) is 5.11 Å². The molecule has 4 nitrogen and oxygen atoms in total. The first kappa shape index (κ1) is 18.5. The van der Waals surface area contributed by atoms with Gasteiger partial charge in [0.25, 0.3) is 5.91 Å². The first-order valence-electron chi connectivity index (χ1n) is 9.85. The molecule has 28 heavy (non-hydrogen) atoms. The Balaban J connectivity index is 1.43. The second-order valence-electron chi connectivity index (χ2n) is 7.61. The zero-order chi connectivity index (χ0) is 19.5. The molecule has 1 saturated heterocycles. The van der Waals surface area contributed by atoms with Crippen LogP contribution in [-0.4, -0.2) is 33.6 Å². The number of rotatable bonds is 5. The molecule has 1 aromatic heterocycles. The molecule has 144 valence electrons. The Morgan fingerprint density at radius 3 is 2.43 bits per heavy atom. The lowest BCUT2D eigenvalue weighted by Crippen LogP contribution is -2.30. The molecule has 0 aliphatic carbocycles. The van der Waals surface area contributed by atoms with Crippen molar-refractivity contribution in [3.8, 4) is 11.3 Å². The summed E-state index contributed by atoms with van der Waals surface area (Å²) in [5.41, 5.74) is 5.12. The van der Waals surface area contributed by atoms with Crippen LogP contribution >= 0.6 is 0 Å². The van der Waals surface area contributed by atoms with Crippen molar-refractivity contribution < 1.29 is 9.90 Å². The van der Waals surface area contributed by atoms with E-state index in [9.17, 15) is 4.79 Å². The smallest absolute Gasteiger partial charge is 0.270 e. The minimum absolute atomic E-state index is 0.0770. The van der Waals surface area contributed by atoms with E-state index in [0.29, 0.717) is 5.92 Å². The molecule has 1 N–H and O–H groups in total. The predicted octanol–water partition coefficient (Wildman–Crippen LogP) is 3.89. The van der Waals surface area contributed by atoms with Crippen LogP contribution in [0.1, 0.15) is 28.0 Å². The Kier molecular flexibility index (Phi) is 5.31. The van der Waals surface area contributed by atoms with E-state index in [1.165, 1.54) is 5.56 Å². The third-order valence-corrected chi connectivity index (χ3v) is 5.71. The lowest BCUT2D eigenvalue weighted by atomic mass is 9.98. The number of aliphatic hydroxyl groups is 1. The highest BCUT2D eigenvalue weighted by Gasteiger charge is 2.28. The first-order valence-corrected chi connectivity index (χ1v) is 9.85. The molecule has 1 unspecified atom stereocenters. The number of amides is 1. The fraction of sp³-hybridized carbons (Fsp3) is 0.292. The molecule has 1 atom stereocenters. The summed E-state index contributed by atoms with van der Waals surface area (Å²) < 4.78 is 2.00. The summed E-state index contributed by atoms with van der Waals surface area (Å²) in [6.45, 7) is 1.68. The summed E-state index contributed by atoms with van der Waals surface area (Å²) in [5, 5.41) is 9.17. The predicted molar refractivity (Wildman–Crippen MR) is 111 cm³/mol. The molecule has 4 heteroatoms. The van der Waals surface area contributed by atoms with Crippen LogP contribution in [0.5, 0.6) is 0 Å². The molecular weight excluding hydrogens is 348 g/mol. The van der Waals surface area contributed by atoms with Crippen LogP contribution in [0.4, 0.5) is 0 Å². The monoisotopic (exact) mass is 374 g/mol. The average Bonchev–Trinajstić information content (AvgIpc) is 3.35. The van der Waals surface area contributed by atoms with Gasteiger partial charge in [-0.1, -0.05) is 54.6 Å². The van der Waals surface area contributed by atoms with Crippen molar-refractivity contribution in [3.63, 3.8) is 0 Å². The van der Waals surface area contributed by atoms with Gasteiger partial charge in [0.05, 0.1) is 6.61 Å². The zero-order valence-electron chi connectivity index (χ0n) is 16.2. The van der Waals surface area contributed by atoms with Gasteiger partial charge in [0.2, 0.25) is 0 Å². The van der Waals surface area contributed by atoms with Gasteiger partial charge in [-0.15, -0.1) is 0 Å². The van der Waals surface area contributed by atoms with Gasteiger partial charge in [0.15, 0.2) is 0 Å². The van der Waals surface area contributed by atoms with Crippen LogP contribution < -0.4 is 0 Å². The van der Waals surface area contributed by atoms with Crippen molar-refractivity contribution in [1.82, 2.24) is 9.47 Å². The zero-order valence-corrected chi connectivity index (χ0v) is 16.2. The van der Waals surface area contributed by atoms with Crippen molar-refractivity contribution in [1.29, 1.82) is 0 Å². The van der Waals surface area contributed by atoms with Crippen LogP contribution in [0.15, 0.2) is 66.7 Å². The minimum atomic E-state index is 0.0770. The molecule has 1 fully saturated rings. The van der Waals surface area contributed by atoms with E-state index < -0.39 is 0 Å². The number of hydrogen-bond acceptors (Lipinski definition) is 2. The summed E-state index contributed by atoms with van der Waals surface area (Å²) >= 11 is 0. The Hall–Kier alpha value is -2.85. The number of aromatic nitrogens is 1. The quantitative estimate of drug-likeness (QED) is 0.736. The Morgan fingerprint density at radius 2 is 1.71 bits per heavy atom. The Morgan fingerprint density at radius 1 is 1.00 bits per heavy atom. The van der Waals surface area contributed by atoms with E-state index in [2.05, 4.69) is 24.3 Å². The highest BCUT2D eigenvalue weighted by Crippen LogP contribution is 2.26. The average molecular weight is 374 g/mol. The van der Waals surface area contributed by atoms with E-state index in [1.807, 2.05) is 59.0 Å². The molecule has 0 radical (unpaired) electrons. The maximum Gasteiger partial charge on any atom is 0.270 e. The number of hydrogen-bond donors (Lipinski definition) is 1. The standard InChI is InChI=1S/C24H26N2O2/c1-25-22(21-5-3-2-4-6-21)11-12-23(25)24(28)26-14-13-20(16-26)15-18-7-9-19(17-27)10-8-18/h2-12,20,27H,13-17H2,1H3. The highest BCUT2D eigenvalue weighted by atomic mass is 16.3. The van der Waals surface area contributed by atoms with Crippen molar-refractivity contribution in [3.05, 3.63) is 83.6 Å². The van der Waals surface area contributed by atoms with Gasteiger partial charge in [-0.05, 0) is 47.6 Å². The van der Waals surface area contributed by atoms with Gasteiger partial charge in [-0.2, -0.15) is 0 Å². The molecule has 2 heterocycles. The lowest BCUT2D eigenvalue weighted by Gasteiger charge is -2.18. The fourth-order valence-electron chi connectivity index (χ4n) is 4.08. The first-order chi connectivity index (χ1) is 13.7. The Labute approximate surface area is 166 Å². The molecule has 1 amide bonds. The molecule has 2 aromatic carbocycles. The van der Waals surface area contributed by atoms with E-state index in [-0.39, 0.29) is 12.5 Å². The van der Waals surface area contributed by atoms with Gasteiger partial charge in [0, 0.05) is 25.8 Å². The van der Waals surface area contributed by atoms with Crippen LogP contribution in [0.3, 0.4) is 0 Å². The highest BCUT2D eigenvalue weighted by molar-refractivity contribution is 5.94. The molecular formula is C24H26N2O2. The topological polar surface area (TPSA) is 45.5 Å². The largest absolute Gasteiger partial charge is 0.392 e. The van der Waals surface area contributed by atoms with Crippen LogP contribution in [0, 0.1) is 5.92 Å². The maximum atomic E-state index is 13.1. The molecule has 1 aliphatic heterocycles. The SMILES string of the molecule is Cn1c(C(=O)N2CCC(Cc3ccc(CO)cc3)C2)ccc1-c1ccccc1. The van der Waals surface area contributed by atoms with Crippen LogP contribution in [-0.2, 0) is 20.1 Å². The third kappa shape index (κ3) is 3.73. The molecule has 0 bridgehead atoms. The number of carbonyl (C=O) groups is 1. The van der Waals surface area contributed by atoms with E-state index >= 15 is 0 Å². The van der Waals surface area contributed by atoms with Crippen molar-refractivity contribution in [2.24, 2.45) is 13.0 Å². The summed E-state index contributed by atoms with van der Waals surface area (Å²) in [4.78, 5) is 15.1. The molecule has 0 spiro atoms. The minimum Gasteiger partial charge on any atom is -0.392 e. The molecule has 4 rings (SSSR count). The third-order valence-electron chi connectivity index (χ3n) is 5.71. The molecule has 0 saturated carbocycles. The van der Waals surface area contributed by atoms with Gasteiger partial charge in [-0.25, -0.2) is 0 Å². The Bertz CT molecular complexity index is 944. The molecule has 1 aliphatic rings. The summed E-state index contributed by atoms with van der Waals surface area (Å²) in [6, 6.07) is 22.2. The number of carbonyl (C=O) groups excluding carboxylic acids is 1.